The van der Waals surface area contributed by atoms with Crippen molar-refractivity contribution in [1.29, 1.82) is 0 Å². The SMILES string of the molecule is CC(C)(C(=O)NC1CCCC1CBr)S(C)(=O)=O. The lowest BCUT2D eigenvalue weighted by molar-refractivity contribution is -0.123. The predicted molar refractivity (Wildman–Crippen MR) is 72.0 cm³/mol. The maximum Gasteiger partial charge on any atom is 0.241 e. The summed E-state index contributed by atoms with van der Waals surface area (Å²) < 4.78 is 21.7. The molecule has 1 aliphatic carbocycles. The fourth-order valence-electron chi connectivity index (χ4n) is 1.92. The topological polar surface area (TPSA) is 63.2 Å². The highest BCUT2D eigenvalue weighted by Crippen LogP contribution is 2.28. The molecular formula is C11H20BrNO3S. The lowest BCUT2D eigenvalue weighted by Gasteiger charge is -2.26. The minimum absolute atomic E-state index is 0.0999. The van der Waals surface area contributed by atoms with E-state index in [9.17, 15) is 13.2 Å². The average molecular weight is 326 g/mol. The van der Waals surface area contributed by atoms with E-state index in [4.69, 9.17) is 0 Å². The summed E-state index contributed by atoms with van der Waals surface area (Å²) >= 11 is 3.43. The van der Waals surface area contributed by atoms with Gasteiger partial charge >= 0.3 is 0 Å². The molecule has 0 saturated heterocycles. The van der Waals surface area contributed by atoms with Gasteiger partial charge in [0, 0.05) is 17.6 Å². The van der Waals surface area contributed by atoms with E-state index in [-0.39, 0.29) is 6.04 Å². The molecule has 100 valence electrons. The second-order valence-corrected chi connectivity index (χ2v) is 8.42. The highest BCUT2D eigenvalue weighted by Gasteiger charge is 2.40. The van der Waals surface area contributed by atoms with Crippen molar-refractivity contribution < 1.29 is 13.2 Å². The molecule has 1 saturated carbocycles. The molecule has 0 spiro atoms. The normalized spacial score (nSPS) is 25.9. The van der Waals surface area contributed by atoms with Gasteiger partial charge in [0.25, 0.3) is 0 Å². The lowest BCUT2D eigenvalue weighted by Crippen LogP contribution is -2.51. The van der Waals surface area contributed by atoms with Crippen molar-refractivity contribution in [2.24, 2.45) is 5.92 Å². The van der Waals surface area contributed by atoms with E-state index in [0.29, 0.717) is 5.92 Å². The molecule has 1 rings (SSSR count). The Morgan fingerprint density at radius 1 is 1.41 bits per heavy atom. The second-order valence-electron chi connectivity index (χ2n) is 5.21. The number of halogens is 1. The Balaban J connectivity index is 2.73. The van der Waals surface area contributed by atoms with Crippen molar-refractivity contribution in [2.75, 3.05) is 11.6 Å². The number of nitrogens with one attached hydrogen (secondary N) is 1. The van der Waals surface area contributed by atoms with Crippen LogP contribution in [0.4, 0.5) is 0 Å². The number of sulfone groups is 1. The van der Waals surface area contributed by atoms with Gasteiger partial charge in [-0.2, -0.15) is 0 Å². The molecule has 4 nitrogen and oxygen atoms in total. The second kappa shape index (κ2) is 5.26. The van der Waals surface area contributed by atoms with Crippen LogP contribution < -0.4 is 5.32 Å². The molecule has 17 heavy (non-hydrogen) atoms. The van der Waals surface area contributed by atoms with E-state index < -0.39 is 20.5 Å². The number of hydrogen-bond donors (Lipinski definition) is 1. The molecule has 0 aliphatic heterocycles. The van der Waals surface area contributed by atoms with Gasteiger partial charge in [-0.3, -0.25) is 4.79 Å². The summed E-state index contributed by atoms with van der Waals surface area (Å²) in [5.41, 5.74) is 0. The monoisotopic (exact) mass is 325 g/mol. The first-order chi connectivity index (χ1) is 7.70. The minimum atomic E-state index is -3.39. The van der Waals surface area contributed by atoms with Crippen LogP contribution in [0.3, 0.4) is 0 Å². The zero-order valence-electron chi connectivity index (χ0n) is 10.5. The van der Waals surface area contributed by atoms with Crippen LogP contribution in [0.15, 0.2) is 0 Å². The predicted octanol–water partition coefficient (Wildman–Crippen LogP) is 1.49. The van der Waals surface area contributed by atoms with Crippen LogP contribution in [-0.4, -0.2) is 36.7 Å². The zero-order chi connectivity index (χ0) is 13.3. The van der Waals surface area contributed by atoms with Crippen molar-refractivity contribution in [2.45, 2.75) is 43.9 Å². The first-order valence-corrected chi connectivity index (χ1v) is 8.78. The summed E-state index contributed by atoms with van der Waals surface area (Å²) in [7, 11) is -3.39. The quantitative estimate of drug-likeness (QED) is 0.796. The molecule has 1 N–H and O–H groups in total. The highest BCUT2D eigenvalue weighted by molar-refractivity contribution is 9.09. The molecular weight excluding hydrogens is 306 g/mol. The Morgan fingerprint density at radius 3 is 2.47 bits per heavy atom. The van der Waals surface area contributed by atoms with E-state index in [1.807, 2.05) is 0 Å². The van der Waals surface area contributed by atoms with Gasteiger partial charge in [0.05, 0.1) is 0 Å². The van der Waals surface area contributed by atoms with Crippen LogP contribution in [-0.2, 0) is 14.6 Å². The Hall–Kier alpha value is -0.100. The van der Waals surface area contributed by atoms with Crippen molar-refractivity contribution in [1.82, 2.24) is 5.32 Å². The fraction of sp³-hybridized carbons (Fsp3) is 0.909. The van der Waals surface area contributed by atoms with Gasteiger partial charge in [-0.05, 0) is 32.6 Å². The molecule has 0 aromatic carbocycles. The smallest absolute Gasteiger partial charge is 0.241 e. The first-order valence-electron chi connectivity index (χ1n) is 5.76. The van der Waals surface area contributed by atoms with E-state index >= 15 is 0 Å². The van der Waals surface area contributed by atoms with Gasteiger partial charge in [-0.1, -0.05) is 22.4 Å². The number of carbonyl (C=O) groups is 1. The molecule has 6 heteroatoms. The fourth-order valence-corrected chi connectivity index (χ4v) is 3.09. The van der Waals surface area contributed by atoms with Crippen LogP contribution in [0.25, 0.3) is 0 Å². The van der Waals surface area contributed by atoms with Crippen LogP contribution >= 0.6 is 15.9 Å². The maximum atomic E-state index is 12.0. The lowest BCUT2D eigenvalue weighted by atomic mass is 10.1. The molecule has 1 fully saturated rings. The third-order valence-electron chi connectivity index (χ3n) is 3.65. The third-order valence-corrected chi connectivity index (χ3v) is 6.52. The average Bonchev–Trinajstić information content (AvgIpc) is 2.63. The van der Waals surface area contributed by atoms with Crippen LogP contribution in [0.1, 0.15) is 33.1 Å². The summed E-state index contributed by atoms with van der Waals surface area (Å²) in [4.78, 5) is 12.0. The first kappa shape index (κ1) is 15.0. The van der Waals surface area contributed by atoms with E-state index in [1.54, 1.807) is 0 Å². The molecule has 0 bridgehead atoms. The summed E-state index contributed by atoms with van der Waals surface area (Å²) in [6.07, 6.45) is 4.20. The maximum absolute atomic E-state index is 12.0. The standard InChI is InChI=1S/C11H20BrNO3S/c1-11(2,17(3,15)16)10(14)13-9-6-4-5-8(9)7-12/h8-9H,4-7H2,1-3H3,(H,13,14). The number of rotatable bonds is 4. The number of alkyl halides is 1. The molecule has 0 heterocycles. The molecule has 2 atom stereocenters. The van der Waals surface area contributed by atoms with Gasteiger partial charge in [0.15, 0.2) is 9.84 Å². The summed E-state index contributed by atoms with van der Waals surface area (Å²) in [5.74, 6) is 0.0205. The van der Waals surface area contributed by atoms with Gasteiger partial charge in [-0.15, -0.1) is 0 Å². The number of carbonyl (C=O) groups excluding carboxylic acids is 1. The van der Waals surface area contributed by atoms with Crippen LogP contribution in [0, 0.1) is 5.92 Å². The molecule has 2 unspecified atom stereocenters. The number of amides is 1. The Bertz CT molecular complexity index is 392. The summed E-state index contributed by atoms with van der Waals surface area (Å²) in [6, 6.07) is 0.0999. The molecule has 0 aromatic rings. The van der Waals surface area contributed by atoms with Gasteiger partial charge in [0.2, 0.25) is 5.91 Å². The van der Waals surface area contributed by atoms with Crippen LogP contribution in [0.5, 0.6) is 0 Å². The van der Waals surface area contributed by atoms with Crippen LogP contribution in [0.2, 0.25) is 0 Å². The van der Waals surface area contributed by atoms with Gasteiger partial charge in [-0.25, -0.2) is 8.42 Å². The Kier molecular flexibility index (Phi) is 4.63. The van der Waals surface area contributed by atoms with Gasteiger partial charge < -0.3 is 5.32 Å². The van der Waals surface area contributed by atoms with Crippen molar-refractivity contribution in [3.8, 4) is 0 Å². The Morgan fingerprint density at radius 2 is 2.00 bits per heavy atom. The molecule has 0 aromatic heterocycles. The zero-order valence-corrected chi connectivity index (χ0v) is 12.9. The van der Waals surface area contributed by atoms with Gasteiger partial charge in [0.1, 0.15) is 4.75 Å². The van der Waals surface area contributed by atoms with Crippen molar-refractivity contribution in [3.63, 3.8) is 0 Å². The minimum Gasteiger partial charge on any atom is -0.352 e. The molecule has 0 radical (unpaired) electrons. The number of hydrogen-bond acceptors (Lipinski definition) is 3. The summed E-state index contributed by atoms with van der Waals surface area (Å²) in [5, 5.41) is 3.72. The van der Waals surface area contributed by atoms with Crippen molar-refractivity contribution in [3.05, 3.63) is 0 Å². The molecule has 1 aliphatic rings. The highest BCUT2D eigenvalue weighted by atomic mass is 79.9. The van der Waals surface area contributed by atoms with E-state index in [0.717, 1.165) is 30.8 Å². The largest absolute Gasteiger partial charge is 0.352 e. The molecule has 1 amide bonds. The summed E-state index contributed by atoms with van der Waals surface area (Å²) in [6.45, 7) is 2.91. The van der Waals surface area contributed by atoms with Crippen molar-refractivity contribution >= 4 is 31.7 Å². The van der Waals surface area contributed by atoms with E-state index in [2.05, 4.69) is 21.2 Å². The Labute approximate surface area is 112 Å². The van der Waals surface area contributed by atoms with E-state index in [1.165, 1.54) is 13.8 Å². The third kappa shape index (κ3) is 3.22.